The maximum atomic E-state index is 13.0. The van der Waals surface area contributed by atoms with Crippen LogP contribution in [0.15, 0.2) is 52.4 Å². The van der Waals surface area contributed by atoms with Crippen molar-refractivity contribution in [3.8, 4) is 16.3 Å². The average molecular weight is 520 g/mol. The van der Waals surface area contributed by atoms with E-state index in [1.807, 2.05) is 42.5 Å². The van der Waals surface area contributed by atoms with E-state index in [4.69, 9.17) is 14.6 Å². The van der Waals surface area contributed by atoms with Crippen molar-refractivity contribution in [2.45, 2.75) is 38.6 Å². The molecule has 3 heterocycles. The Morgan fingerprint density at radius 3 is 2.53 bits per heavy atom. The minimum Gasteiger partial charge on any atom is -0.480 e. The number of carbonyl (C=O) groups is 2. The van der Waals surface area contributed by atoms with Crippen molar-refractivity contribution in [2.24, 2.45) is 0 Å². The summed E-state index contributed by atoms with van der Waals surface area (Å²) in [5.74, 6) is -1.16. The summed E-state index contributed by atoms with van der Waals surface area (Å²) in [6.45, 7) is 5.04. The van der Waals surface area contributed by atoms with E-state index < -0.39 is 29.9 Å². The van der Waals surface area contributed by atoms with Gasteiger partial charge in [0.15, 0.2) is 12.3 Å². The number of halogens is 1. The van der Waals surface area contributed by atoms with Gasteiger partial charge in [0.05, 0.1) is 21.0 Å². The molecule has 0 radical (unpaired) electrons. The van der Waals surface area contributed by atoms with Gasteiger partial charge < -0.3 is 14.6 Å². The SMILES string of the molecule is CC(C)(C)OC(=O)N1C(c2cn(-c3ccccc3)nc2-c2ccc(Br)s2)OC[C@@H]1C(=O)O. The lowest BCUT2D eigenvalue weighted by Gasteiger charge is -2.29. The van der Waals surface area contributed by atoms with Crippen LogP contribution in [0.2, 0.25) is 0 Å². The Bertz CT molecular complexity index is 1140. The monoisotopic (exact) mass is 519 g/mol. The smallest absolute Gasteiger partial charge is 0.413 e. The number of carbonyl (C=O) groups excluding carboxylic acids is 1. The van der Waals surface area contributed by atoms with Gasteiger partial charge in [0.2, 0.25) is 0 Å². The lowest BCUT2D eigenvalue weighted by atomic mass is 10.1. The molecular formula is C22H22BrN3O5S. The molecule has 0 aliphatic carbocycles. The van der Waals surface area contributed by atoms with Gasteiger partial charge >= 0.3 is 12.1 Å². The van der Waals surface area contributed by atoms with Crippen molar-refractivity contribution in [3.63, 3.8) is 0 Å². The molecule has 168 valence electrons. The zero-order chi connectivity index (χ0) is 23.0. The number of ether oxygens (including phenoxy) is 2. The highest BCUT2D eigenvalue weighted by Gasteiger charge is 2.46. The third kappa shape index (κ3) is 4.57. The van der Waals surface area contributed by atoms with Gasteiger partial charge in [0.1, 0.15) is 11.3 Å². The zero-order valence-electron chi connectivity index (χ0n) is 17.7. The fraction of sp³-hybridized carbons (Fsp3) is 0.318. The van der Waals surface area contributed by atoms with E-state index in [1.54, 1.807) is 31.6 Å². The fourth-order valence-corrected chi connectivity index (χ4v) is 4.78. The first-order chi connectivity index (χ1) is 15.1. The van der Waals surface area contributed by atoms with Crippen LogP contribution in [-0.4, -0.2) is 50.1 Å². The highest BCUT2D eigenvalue weighted by atomic mass is 79.9. The largest absolute Gasteiger partial charge is 0.480 e. The number of aliphatic carboxylic acids is 1. The Labute approximate surface area is 197 Å². The standard InChI is InChI=1S/C22H22BrN3O5S/c1-22(2,3)31-21(29)26-15(20(27)28)12-30-19(26)14-11-25(13-7-5-4-6-8-13)24-18(14)16-9-10-17(23)32-16/h4-11,15,19H,12H2,1-3H3,(H,27,28)/t15-,19?/m1/s1. The molecular weight excluding hydrogens is 498 g/mol. The summed E-state index contributed by atoms with van der Waals surface area (Å²) < 4.78 is 14.0. The molecule has 8 nitrogen and oxygen atoms in total. The van der Waals surface area contributed by atoms with Crippen molar-refractivity contribution in [1.29, 1.82) is 0 Å². The lowest BCUT2D eigenvalue weighted by Crippen LogP contribution is -2.45. The van der Waals surface area contributed by atoms with Crippen LogP contribution in [0.5, 0.6) is 0 Å². The van der Waals surface area contributed by atoms with Crippen LogP contribution in [0.1, 0.15) is 32.6 Å². The molecule has 1 amide bonds. The van der Waals surface area contributed by atoms with Crippen molar-refractivity contribution in [2.75, 3.05) is 6.61 Å². The first-order valence-corrected chi connectivity index (χ1v) is 11.5. The highest BCUT2D eigenvalue weighted by Crippen LogP contribution is 2.40. The maximum absolute atomic E-state index is 13.0. The minimum atomic E-state index is -1.17. The molecule has 1 fully saturated rings. The third-order valence-electron chi connectivity index (χ3n) is 4.73. The Kier molecular flexibility index (Phi) is 6.11. The van der Waals surface area contributed by atoms with Gasteiger partial charge in [0, 0.05) is 11.8 Å². The van der Waals surface area contributed by atoms with Crippen molar-refractivity contribution < 1.29 is 24.2 Å². The second-order valence-corrected chi connectivity index (χ2v) is 10.7. The predicted molar refractivity (Wildman–Crippen MR) is 123 cm³/mol. The molecule has 4 rings (SSSR count). The number of benzene rings is 1. The second kappa shape index (κ2) is 8.68. The Hall–Kier alpha value is -2.69. The first kappa shape index (κ1) is 22.5. The molecule has 1 unspecified atom stereocenters. The molecule has 0 spiro atoms. The molecule has 10 heteroatoms. The Morgan fingerprint density at radius 1 is 1.22 bits per heavy atom. The topological polar surface area (TPSA) is 93.9 Å². The molecule has 0 bridgehead atoms. The summed E-state index contributed by atoms with van der Waals surface area (Å²) in [5.41, 5.74) is 1.22. The number of hydrogen-bond donors (Lipinski definition) is 1. The molecule has 2 atom stereocenters. The lowest BCUT2D eigenvalue weighted by molar-refractivity contribution is -0.142. The number of thiophene rings is 1. The molecule has 1 saturated heterocycles. The van der Waals surface area contributed by atoms with Gasteiger partial charge in [-0.25, -0.2) is 14.3 Å². The normalized spacial score (nSPS) is 18.7. The summed E-state index contributed by atoms with van der Waals surface area (Å²) in [6, 6.07) is 12.2. The molecule has 2 aromatic heterocycles. The van der Waals surface area contributed by atoms with Crippen molar-refractivity contribution in [3.05, 3.63) is 58.0 Å². The number of nitrogens with zero attached hydrogens (tertiary/aromatic N) is 3. The molecule has 1 N–H and O–H groups in total. The summed E-state index contributed by atoms with van der Waals surface area (Å²) in [4.78, 5) is 26.9. The summed E-state index contributed by atoms with van der Waals surface area (Å²) in [5, 5.41) is 14.5. The van der Waals surface area contributed by atoms with Gasteiger partial charge in [-0.05, 0) is 61.0 Å². The van der Waals surface area contributed by atoms with E-state index >= 15 is 0 Å². The van der Waals surface area contributed by atoms with E-state index in [1.165, 1.54) is 11.3 Å². The fourth-order valence-electron chi connectivity index (χ4n) is 3.39. The minimum absolute atomic E-state index is 0.149. The van der Waals surface area contributed by atoms with Crippen LogP contribution >= 0.6 is 27.3 Å². The second-order valence-electron chi connectivity index (χ2n) is 8.24. The van der Waals surface area contributed by atoms with E-state index in [-0.39, 0.29) is 6.61 Å². The van der Waals surface area contributed by atoms with Gasteiger partial charge in [-0.1, -0.05) is 18.2 Å². The van der Waals surface area contributed by atoms with Crippen LogP contribution in [-0.2, 0) is 14.3 Å². The van der Waals surface area contributed by atoms with Crippen LogP contribution in [0.4, 0.5) is 4.79 Å². The van der Waals surface area contributed by atoms with Crippen LogP contribution in [0.3, 0.4) is 0 Å². The number of para-hydroxylation sites is 1. The molecule has 1 aliphatic rings. The van der Waals surface area contributed by atoms with Gasteiger partial charge in [-0.3, -0.25) is 4.90 Å². The third-order valence-corrected chi connectivity index (χ3v) is 6.36. The van der Waals surface area contributed by atoms with E-state index in [0.717, 1.165) is 19.3 Å². The number of hydrogen-bond acceptors (Lipinski definition) is 6. The summed E-state index contributed by atoms with van der Waals surface area (Å²) in [7, 11) is 0. The number of rotatable bonds is 4. The highest BCUT2D eigenvalue weighted by molar-refractivity contribution is 9.11. The number of carboxylic acid groups (broad SMARTS) is 1. The van der Waals surface area contributed by atoms with Crippen LogP contribution in [0.25, 0.3) is 16.3 Å². The van der Waals surface area contributed by atoms with E-state index in [2.05, 4.69) is 15.9 Å². The molecule has 1 aromatic carbocycles. The van der Waals surface area contributed by atoms with E-state index in [9.17, 15) is 14.7 Å². The Balaban J connectivity index is 1.81. The number of amides is 1. The quantitative estimate of drug-likeness (QED) is 0.516. The predicted octanol–water partition coefficient (Wildman–Crippen LogP) is 5.08. The number of aromatic nitrogens is 2. The molecule has 3 aromatic rings. The first-order valence-electron chi connectivity index (χ1n) is 9.90. The Morgan fingerprint density at radius 2 is 1.94 bits per heavy atom. The van der Waals surface area contributed by atoms with Crippen molar-refractivity contribution >= 4 is 39.3 Å². The zero-order valence-corrected chi connectivity index (χ0v) is 20.1. The van der Waals surface area contributed by atoms with Gasteiger partial charge in [0.25, 0.3) is 0 Å². The number of carboxylic acids is 1. The van der Waals surface area contributed by atoms with Crippen LogP contribution < -0.4 is 0 Å². The maximum Gasteiger partial charge on any atom is 0.413 e. The van der Waals surface area contributed by atoms with Crippen molar-refractivity contribution in [1.82, 2.24) is 14.7 Å². The molecule has 0 saturated carbocycles. The van der Waals surface area contributed by atoms with Gasteiger partial charge in [-0.2, -0.15) is 5.10 Å². The molecule has 32 heavy (non-hydrogen) atoms. The van der Waals surface area contributed by atoms with E-state index in [0.29, 0.717) is 11.3 Å². The summed E-state index contributed by atoms with van der Waals surface area (Å²) in [6.07, 6.45) is 0.0577. The summed E-state index contributed by atoms with van der Waals surface area (Å²) >= 11 is 4.96. The molecule has 1 aliphatic heterocycles. The average Bonchev–Trinajstić information content (AvgIpc) is 3.44. The van der Waals surface area contributed by atoms with Gasteiger partial charge in [-0.15, -0.1) is 11.3 Å². The van der Waals surface area contributed by atoms with Crippen LogP contribution in [0, 0.1) is 0 Å².